The Kier molecular flexibility index (Phi) is 7.49. The van der Waals surface area contributed by atoms with E-state index in [2.05, 4.69) is 24.5 Å². The Balaban J connectivity index is 1.95. The van der Waals surface area contributed by atoms with Gasteiger partial charge in [-0.3, -0.25) is 14.9 Å². The van der Waals surface area contributed by atoms with Gasteiger partial charge in [0, 0.05) is 16.8 Å². The topological polar surface area (TPSA) is 67.4 Å². The van der Waals surface area contributed by atoms with Crippen molar-refractivity contribution in [3.8, 4) is 5.75 Å². The highest BCUT2D eigenvalue weighted by atomic mass is 32.1. The fourth-order valence-electron chi connectivity index (χ4n) is 2.29. The molecule has 0 bridgehead atoms. The first-order valence-electron chi connectivity index (χ1n) is 8.81. The molecule has 2 N–H and O–H groups in total. The fraction of sp³-hybridized carbons (Fsp3) is 0.286. The van der Waals surface area contributed by atoms with Gasteiger partial charge < -0.3 is 10.1 Å². The molecule has 0 saturated carbocycles. The van der Waals surface area contributed by atoms with Crippen molar-refractivity contribution < 1.29 is 14.3 Å². The summed E-state index contributed by atoms with van der Waals surface area (Å²) in [5, 5.41) is 5.71. The molecule has 6 heteroatoms. The van der Waals surface area contributed by atoms with Gasteiger partial charge in [-0.15, -0.1) is 0 Å². The van der Waals surface area contributed by atoms with Crippen LogP contribution in [0.25, 0.3) is 0 Å². The van der Waals surface area contributed by atoms with Gasteiger partial charge in [0.25, 0.3) is 5.91 Å². The number of hydrogen-bond acceptors (Lipinski definition) is 4. The van der Waals surface area contributed by atoms with E-state index < -0.39 is 0 Å². The van der Waals surface area contributed by atoms with Crippen LogP contribution in [0.1, 0.15) is 47.9 Å². The number of amides is 1. The highest BCUT2D eigenvalue weighted by Gasteiger charge is 2.10. The van der Waals surface area contributed by atoms with Crippen molar-refractivity contribution >= 4 is 34.7 Å². The molecule has 0 radical (unpaired) electrons. The molecule has 2 aromatic carbocycles. The molecule has 1 amide bonds. The predicted molar refractivity (Wildman–Crippen MR) is 112 cm³/mol. The van der Waals surface area contributed by atoms with E-state index in [1.165, 1.54) is 6.92 Å². The summed E-state index contributed by atoms with van der Waals surface area (Å²) < 4.78 is 5.68. The van der Waals surface area contributed by atoms with Crippen molar-refractivity contribution in [1.29, 1.82) is 0 Å². The summed E-state index contributed by atoms with van der Waals surface area (Å²) in [4.78, 5) is 23.9. The van der Waals surface area contributed by atoms with E-state index in [1.54, 1.807) is 42.5 Å². The molecule has 142 valence electrons. The Morgan fingerprint density at radius 3 is 2.48 bits per heavy atom. The van der Waals surface area contributed by atoms with Gasteiger partial charge in [-0.2, -0.15) is 0 Å². The Bertz CT molecular complexity index is 834. The quantitative estimate of drug-likeness (QED) is 0.546. The fourth-order valence-corrected chi connectivity index (χ4v) is 2.50. The number of anilines is 1. The Labute approximate surface area is 165 Å². The number of thiocarbonyl (C=S) groups is 1. The molecule has 0 spiro atoms. The van der Waals surface area contributed by atoms with Crippen LogP contribution in [0.4, 0.5) is 5.69 Å². The molecule has 0 aliphatic carbocycles. The maximum atomic E-state index is 12.4. The van der Waals surface area contributed by atoms with E-state index in [1.807, 2.05) is 6.07 Å². The van der Waals surface area contributed by atoms with E-state index in [4.69, 9.17) is 17.0 Å². The minimum absolute atomic E-state index is 0.0390. The second-order valence-corrected chi connectivity index (χ2v) is 7.01. The van der Waals surface area contributed by atoms with Gasteiger partial charge in [-0.1, -0.05) is 32.0 Å². The number of benzene rings is 2. The molecule has 0 fully saturated rings. The Hall–Kier alpha value is -2.73. The number of nitrogens with one attached hydrogen (secondary N) is 2. The average molecular weight is 385 g/mol. The SMILES string of the molecule is CC(=O)c1cccc(NC(=S)NC(=O)c2cccc(OCCC(C)C)c2)c1. The lowest BCUT2D eigenvalue weighted by Crippen LogP contribution is -2.34. The molecule has 0 aromatic heterocycles. The highest BCUT2D eigenvalue weighted by molar-refractivity contribution is 7.80. The van der Waals surface area contributed by atoms with Crippen molar-refractivity contribution in [2.24, 2.45) is 5.92 Å². The molecule has 0 aliphatic heterocycles. The molecule has 27 heavy (non-hydrogen) atoms. The zero-order valence-electron chi connectivity index (χ0n) is 15.7. The summed E-state index contributed by atoms with van der Waals surface area (Å²) >= 11 is 5.19. The lowest BCUT2D eigenvalue weighted by atomic mass is 10.1. The average Bonchev–Trinajstić information content (AvgIpc) is 2.61. The third-order valence-corrected chi connectivity index (χ3v) is 4.02. The molecule has 0 atom stereocenters. The van der Waals surface area contributed by atoms with Gasteiger partial charge in [0.15, 0.2) is 10.9 Å². The van der Waals surface area contributed by atoms with E-state index in [-0.39, 0.29) is 16.8 Å². The first kappa shape index (κ1) is 20.6. The molecule has 0 aliphatic rings. The summed E-state index contributed by atoms with van der Waals surface area (Å²) in [6, 6.07) is 13.9. The van der Waals surface area contributed by atoms with Crippen LogP contribution in [0.3, 0.4) is 0 Å². The van der Waals surface area contributed by atoms with Crippen LogP contribution >= 0.6 is 12.2 Å². The maximum Gasteiger partial charge on any atom is 0.257 e. The van der Waals surface area contributed by atoms with Crippen molar-refractivity contribution in [2.75, 3.05) is 11.9 Å². The third-order valence-electron chi connectivity index (χ3n) is 3.81. The van der Waals surface area contributed by atoms with Gasteiger partial charge in [0.1, 0.15) is 5.75 Å². The Morgan fingerprint density at radius 1 is 1.07 bits per heavy atom. The van der Waals surface area contributed by atoms with Crippen molar-refractivity contribution in [2.45, 2.75) is 27.2 Å². The molecule has 0 heterocycles. The zero-order chi connectivity index (χ0) is 19.8. The van der Waals surface area contributed by atoms with Crippen LogP contribution in [0.2, 0.25) is 0 Å². The first-order chi connectivity index (χ1) is 12.8. The van der Waals surface area contributed by atoms with E-state index >= 15 is 0 Å². The number of carbonyl (C=O) groups excluding carboxylic acids is 2. The van der Waals surface area contributed by atoms with Gasteiger partial charge in [-0.05, 0) is 61.8 Å². The largest absolute Gasteiger partial charge is 0.494 e. The summed E-state index contributed by atoms with van der Waals surface area (Å²) in [5.74, 6) is 0.838. The van der Waals surface area contributed by atoms with Crippen LogP contribution in [0.15, 0.2) is 48.5 Å². The summed E-state index contributed by atoms with van der Waals surface area (Å²) in [6.45, 7) is 6.37. The summed E-state index contributed by atoms with van der Waals surface area (Å²) in [6.07, 6.45) is 0.948. The summed E-state index contributed by atoms with van der Waals surface area (Å²) in [7, 11) is 0. The normalized spacial score (nSPS) is 10.4. The molecule has 5 nitrogen and oxygen atoms in total. The van der Waals surface area contributed by atoms with E-state index in [0.29, 0.717) is 35.1 Å². The van der Waals surface area contributed by atoms with Gasteiger partial charge in [0.05, 0.1) is 6.61 Å². The first-order valence-corrected chi connectivity index (χ1v) is 9.22. The molecular weight excluding hydrogens is 360 g/mol. The second kappa shape index (κ2) is 9.83. The lowest BCUT2D eigenvalue weighted by Gasteiger charge is -2.12. The van der Waals surface area contributed by atoms with Crippen LogP contribution in [-0.2, 0) is 0 Å². The molecule has 2 rings (SSSR count). The number of carbonyl (C=O) groups is 2. The van der Waals surface area contributed by atoms with Crippen LogP contribution in [0.5, 0.6) is 5.75 Å². The minimum atomic E-state index is -0.329. The number of Topliss-reactive ketones (excluding diaryl/α,β-unsaturated/α-hetero) is 1. The van der Waals surface area contributed by atoms with Crippen LogP contribution in [-0.4, -0.2) is 23.4 Å². The monoisotopic (exact) mass is 384 g/mol. The number of hydrogen-bond donors (Lipinski definition) is 2. The van der Waals surface area contributed by atoms with E-state index in [9.17, 15) is 9.59 Å². The van der Waals surface area contributed by atoms with Gasteiger partial charge >= 0.3 is 0 Å². The van der Waals surface area contributed by atoms with Gasteiger partial charge in [0.2, 0.25) is 0 Å². The number of ketones is 1. The number of ether oxygens (including phenoxy) is 1. The smallest absolute Gasteiger partial charge is 0.257 e. The van der Waals surface area contributed by atoms with Crippen LogP contribution < -0.4 is 15.4 Å². The third kappa shape index (κ3) is 6.83. The van der Waals surface area contributed by atoms with Crippen molar-refractivity contribution in [3.63, 3.8) is 0 Å². The lowest BCUT2D eigenvalue weighted by molar-refractivity contribution is 0.0975. The highest BCUT2D eigenvalue weighted by Crippen LogP contribution is 2.15. The molecule has 2 aromatic rings. The molecule has 0 unspecified atom stereocenters. The molecule has 0 saturated heterocycles. The maximum absolute atomic E-state index is 12.4. The molecular formula is C21H24N2O3S. The predicted octanol–water partition coefficient (Wildman–Crippen LogP) is 4.44. The zero-order valence-corrected chi connectivity index (χ0v) is 16.6. The minimum Gasteiger partial charge on any atom is -0.494 e. The Morgan fingerprint density at radius 2 is 1.78 bits per heavy atom. The standard InChI is InChI=1S/C21H24N2O3S/c1-14(2)10-11-26-19-9-5-7-17(13-19)20(25)23-21(27)22-18-8-4-6-16(12-18)15(3)24/h4-9,12-14H,10-11H2,1-3H3,(H2,22,23,25,27). The van der Waals surface area contributed by atoms with Crippen LogP contribution in [0, 0.1) is 5.92 Å². The van der Waals surface area contributed by atoms with Crippen molar-refractivity contribution in [1.82, 2.24) is 5.32 Å². The van der Waals surface area contributed by atoms with Gasteiger partial charge in [-0.25, -0.2) is 0 Å². The van der Waals surface area contributed by atoms with E-state index in [0.717, 1.165) is 6.42 Å². The number of rotatable bonds is 7. The van der Waals surface area contributed by atoms with Crippen molar-refractivity contribution in [3.05, 3.63) is 59.7 Å². The second-order valence-electron chi connectivity index (χ2n) is 6.60. The summed E-state index contributed by atoms with van der Waals surface area (Å²) in [5.41, 5.74) is 1.66.